The molecule has 0 spiro atoms. The Balaban J connectivity index is 1.93. The van der Waals surface area contributed by atoms with Crippen LogP contribution in [0.25, 0.3) is 0 Å². The fourth-order valence-corrected chi connectivity index (χ4v) is 5.16. The van der Waals surface area contributed by atoms with Crippen molar-refractivity contribution in [1.82, 2.24) is 5.32 Å². The maximum atomic E-state index is 9.91. The van der Waals surface area contributed by atoms with Crippen LogP contribution in [0.3, 0.4) is 0 Å². The molecule has 1 aliphatic carbocycles. The summed E-state index contributed by atoms with van der Waals surface area (Å²) >= 11 is 1.89. The number of hydrogen-bond donors (Lipinski definition) is 3. The van der Waals surface area contributed by atoms with E-state index in [1.165, 1.54) is 32.0 Å². The van der Waals surface area contributed by atoms with E-state index in [9.17, 15) is 10.2 Å². The topological polar surface area (TPSA) is 52.5 Å². The lowest BCUT2D eigenvalue weighted by Gasteiger charge is -2.38. The van der Waals surface area contributed by atoms with Gasteiger partial charge in [-0.3, -0.25) is 0 Å². The first-order valence-corrected chi connectivity index (χ1v) is 8.24. The second-order valence-electron chi connectivity index (χ2n) is 6.17. The Morgan fingerprint density at radius 1 is 1.19 bits per heavy atom. The van der Waals surface area contributed by atoms with Gasteiger partial charge in [-0.05, 0) is 61.1 Å². The number of aromatic hydroxyl groups is 2. The minimum atomic E-state index is -0.00785. The van der Waals surface area contributed by atoms with Gasteiger partial charge in [-0.15, -0.1) is 11.3 Å². The first-order valence-electron chi connectivity index (χ1n) is 7.43. The van der Waals surface area contributed by atoms with Gasteiger partial charge in [-0.1, -0.05) is 0 Å². The molecule has 0 fully saturated rings. The highest BCUT2D eigenvalue weighted by Gasteiger charge is 2.37. The Morgan fingerprint density at radius 3 is 2.76 bits per heavy atom. The van der Waals surface area contributed by atoms with Crippen LogP contribution < -0.4 is 5.32 Å². The molecule has 0 saturated carbocycles. The van der Waals surface area contributed by atoms with Crippen LogP contribution in [0.15, 0.2) is 12.1 Å². The van der Waals surface area contributed by atoms with E-state index in [1.807, 2.05) is 11.3 Å². The summed E-state index contributed by atoms with van der Waals surface area (Å²) in [6, 6.07) is 3.94. The summed E-state index contributed by atoms with van der Waals surface area (Å²) in [7, 11) is 0. The standard InChI is InChI=1S/C17H19NO2S/c1-8-9(2)21-17-12(8)7-18-13-4-3-10-5-14(19)15(20)6-11(10)16(13)17/h5-6,13,16,18-20H,3-4,7H2,1-2H3/t13-,16-/m0/s1. The summed E-state index contributed by atoms with van der Waals surface area (Å²) in [5.41, 5.74) is 5.18. The zero-order chi connectivity index (χ0) is 14.7. The minimum Gasteiger partial charge on any atom is -0.504 e. The monoisotopic (exact) mass is 301 g/mol. The van der Waals surface area contributed by atoms with E-state index in [0.717, 1.165) is 19.4 Å². The third-order valence-electron chi connectivity index (χ3n) is 5.06. The van der Waals surface area contributed by atoms with Crippen LogP contribution in [-0.4, -0.2) is 16.3 Å². The number of phenols is 2. The molecular weight excluding hydrogens is 282 g/mol. The van der Waals surface area contributed by atoms with Gasteiger partial charge in [0.2, 0.25) is 0 Å². The zero-order valence-electron chi connectivity index (χ0n) is 12.2. The number of phenolic OH excluding ortho intramolecular Hbond substituents is 2. The first kappa shape index (κ1) is 13.2. The molecule has 1 aromatic carbocycles. The molecule has 3 nitrogen and oxygen atoms in total. The van der Waals surface area contributed by atoms with Gasteiger partial charge < -0.3 is 15.5 Å². The fraction of sp³-hybridized carbons (Fsp3) is 0.412. The van der Waals surface area contributed by atoms with Crippen LogP contribution in [0.4, 0.5) is 0 Å². The van der Waals surface area contributed by atoms with E-state index >= 15 is 0 Å². The number of benzene rings is 1. The Labute approximate surface area is 128 Å². The molecule has 3 N–H and O–H groups in total. The fourth-order valence-electron chi connectivity index (χ4n) is 3.78. The van der Waals surface area contributed by atoms with E-state index in [0.29, 0.717) is 12.0 Å². The molecule has 0 amide bonds. The summed E-state index contributed by atoms with van der Waals surface area (Å²) in [4.78, 5) is 2.83. The predicted molar refractivity (Wildman–Crippen MR) is 84.4 cm³/mol. The number of aryl methyl sites for hydroxylation is 2. The molecule has 1 aromatic heterocycles. The Kier molecular flexibility index (Phi) is 2.81. The van der Waals surface area contributed by atoms with E-state index in [-0.39, 0.29) is 11.5 Å². The summed E-state index contributed by atoms with van der Waals surface area (Å²) < 4.78 is 0. The van der Waals surface area contributed by atoms with Crippen molar-refractivity contribution < 1.29 is 10.2 Å². The summed E-state index contributed by atoms with van der Waals surface area (Å²) in [6.07, 6.45) is 2.04. The Morgan fingerprint density at radius 2 is 1.95 bits per heavy atom. The lowest BCUT2D eigenvalue weighted by Crippen LogP contribution is -2.42. The lowest BCUT2D eigenvalue weighted by molar-refractivity contribution is 0.382. The van der Waals surface area contributed by atoms with E-state index in [1.54, 1.807) is 12.1 Å². The lowest BCUT2D eigenvalue weighted by atomic mass is 9.75. The Bertz CT molecular complexity index is 735. The highest BCUT2D eigenvalue weighted by molar-refractivity contribution is 7.12. The molecule has 4 rings (SSSR count). The second-order valence-corrected chi connectivity index (χ2v) is 7.43. The predicted octanol–water partition coefficient (Wildman–Crippen LogP) is 3.33. The normalized spacial score (nSPS) is 23.3. The van der Waals surface area contributed by atoms with Crippen LogP contribution in [0.2, 0.25) is 0 Å². The third kappa shape index (κ3) is 1.82. The second kappa shape index (κ2) is 4.49. The van der Waals surface area contributed by atoms with Crippen LogP contribution in [0, 0.1) is 13.8 Å². The summed E-state index contributed by atoms with van der Waals surface area (Å²) in [6.45, 7) is 5.34. The quantitative estimate of drug-likeness (QED) is 0.654. The molecule has 0 unspecified atom stereocenters. The van der Waals surface area contributed by atoms with Crippen molar-refractivity contribution in [2.24, 2.45) is 0 Å². The van der Waals surface area contributed by atoms with Crippen molar-refractivity contribution in [3.63, 3.8) is 0 Å². The number of nitrogens with one attached hydrogen (secondary N) is 1. The Hall–Kier alpha value is -1.52. The molecule has 4 heteroatoms. The van der Waals surface area contributed by atoms with Crippen LogP contribution in [0.5, 0.6) is 11.5 Å². The van der Waals surface area contributed by atoms with Crippen LogP contribution in [0.1, 0.15) is 44.3 Å². The molecule has 0 bridgehead atoms. The molecule has 2 aromatic rings. The van der Waals surface area contributed by atoms with Gasteiger partial charge >= 0.3 is 0 Å². The van der Waals surface area contributed by atoms with Gasteiger partial charge in [0.15, 0.2) is 11.5 Å². The SMILES string of the molecule is Cc1sc2c(c1C)CN[C@H]1CCc3cc(O)c(O)cc3[C@H]21. The molecule has 2 atom stereocenters. The van der Waals surface area contributed by atoms with Crippen LogP contribution in [-0.2, 0) is 13.0 Å². The molecule has 1 aliphatic heterocycles. The van der Waals surface area contributed by atoms with Crippen molar-refractivity contribution in [3.05, 3.63) is 44.1 Å². The molecule has 0 saturated heterocycles. The maximum Gasteiger partial charge on any atom is 0.157 e. The molecule has 110 valence electrons. The minimum absolute atomic E-state index is 0.00488. The average molecular weight is 301 g/mol. The zero-order valence-corrected chi connectivity index (χ0v) is 13.0. The van der Waals surface area contributed by atoms with Gasteiger partial charge in [0, 0.05) is 28.3 Å². The summed E-state index contributed by atoms with van der Waals surface area (Å²) in [5.74, 6) is 0.294. The molecule has 0 radical (unpaired) electrons. The first-order chi connectivity index (χ1) is 10.1. The molecule has 2 aliphatic rings. The largest absolute Gasteiger partial charge is 0.504 e. The van der Waals surface area contributed by atoms with Crippen LogP contribution >= 0.6 is 11.3 Å². The number of fused-ring (bicyclic) bond motifs is 5. The molecule has 2 heterocycles. The van der Waals surface area contributed by atoms with Gasteiger partial charge in [-0.2, -0.15) is 0 Å². The maximum absolute atomic E-state index is 9.91. The highest BCUT2D eigenvalue weighted by Crippen LogP contribution is 2.47. The van der Waals surface area contributed by atoms with Crippen molar-refractivity contribution in [3.8, 4) is 11.5 Å². The smallest absolute Gasteiger partial charge is 0.157 e. The van der Waals surface area contributed by atoms with Gasteiger partial charge in [0.25, 0.3) is 0 Å². The average Bonchev–Trinajstić information content (AvgIpc) is 2.75. The van der Waals surface area contributed by atoms with Crippen molar-refractivity contribution in [2.45, 2.75) is 45.2 Å². The number of hydrogen-bond acceptors (Lipinski definition) is 4. The van der Waals surface area contributed by atoms with E-state index < -0.39 is 0 Å². The number of thiophene rings is 1. The summed E-state index contributed by atoms with van der Waals surface area (Å²) in [5, 5.41) is 23.3. The molecule has 21 heavy (non-hydrogen) atoms. The van der Waals surface area contributed by atoms with Crippen molar-refractivity contribution in [2.75, 3.05) is 0 Å². The molecular formula is C17H19NO2S. The number of rotatable bonds is 0. The van der Waals surface area contributed by atoms with Gasteiger partial charge in [0.05, 0.1) is 0 Å². The van der Waals surface area contributed by atoms with Gasteiger partial charge in [-0.25, -0.2) is 0 Å². The van der Waals surface area contributed by atoms with E-state index in [4.69, 9.17) is 0 Å². The van der Waals surface area contributed by atoms with Gasteiger partial charge in [0.1, 0.15) is 0 Å². The van der Waals surface area contributed by atoms with E-state index in [2.05, 4.69) is 19.2 Å². The third-order valence-corrected chi connectivity index (χ3v) is 6.40. The highest BCUT2D eigenvalue weighted by atomic mass is 32.1. The van der Waals surface area contributed by atoms with Crippen molar-refractivity contribution in [1.29, 1.82) is 0 Å². The van der Waals surface area contributed by atoms with Crippen molar-refractivity contribution >= 4 is 11.3 Å².